The first-order chi connectivity index (χ1) is 20.0. The Morgan fingerprint density at radius 2 is 1.74 bits per heavy atom. The van der Waals surface area contributed by atoms with Crippen LogP contribution in [-0.2, 0) is 9.53 Å². The number of carboxylic acids is 1. The fourth-order valence-electron chi connectivity index (χ4n) is 5.19. The molecule has 0 aliphatic carbocycles. The molecule has 1 aliphatic heterocycles. The van der Waals surface area contributed by atoms with Gasteiger partial charge in [-0.05, 0) is 101 Å². The Balaban J connectivity index is 1.65. The van der Waals surface area contributed by atoms with Gasteiger partial charge >= 0.3 is 11.9 Å². The normalized spacial score (nSPS) is 15.1. The van der Waals surface area contributed by atoms with E-state index < -0.39 is 18.0 Å². The predicted octanol–water partition coefficient (Wildman–Crippen LogP) is 5.01. The van der Waals surface area contributed by atoms with Crippen molar-refractivity contribution in [2.24, 2.45) is 4.99 Å². The molecule has 2 aromatic heterocycles. The van der Waals surface area contributed by atoms with Crippen molar-refractivity contribution in [3.8, 4) is 5.69 Å². The third-order valence-electron chi connectivity index (χ3n) is 7.15. The molecule has 0 fully saturated rings. The first-order valence-electron chi connectivity index (χ1n) is 13.4. The number of aromatic carboxylic acids is 1. The highest BCUT2D eigenvalue weighted by Gasteiger charge is 2.33. The lowest BCUT2D eigenvalue weighted by Gasteiger charge is -2.25. The smallest absolute Gasteiger partial charge is 0.338 e. The molecule has 0 unspecified atom stereocenters. The summed E-state index contributed by atoms with van der Waals surface area (Å²) in [5.41, 5.74) is 5.18. The summed E-state index contributed by atoms with van der Waals surface area (Å²) < 4.78 is 9.70. The van der Waals surface area contributed by atoms with E-state index in [4.69, 9.17) is 4.74 Å². The number of aromatic nitrogens is 2. The fourth-order valence-corrected chi connectivity index (χ4v) is 6.63. The molecule has 0 saturated heterocycles. The molecule has 1 atom stereocenters. The average molecular weight is 602 g/mol. The largest absolute Gasteiger partial charge is 0.478 e. The topological polar surface area (TPSA) is 103 Å². The number of hydrogen-bond acceptors (Lipinski definition) is 7. The van der Waals surface area contributed by atoms with Gasteiger partial charge in [-0.1, -0.05) is 23.5 Å². The van der Waals surface area contributed by atoms with Crippen molar-refractivity contribution in [2.45, 2.75) is 51.7 Å². The molecule has 0 saturated carbocycles. The van der Waals surface area contributed by atoms with Crippen LogP contribution in [0.3, 0.4) is 0 Å². The van der Waals surface area contributed by atoms with Crippen LogP contribution < -0.4 is 14.9 Å². The summed E-state index contributed by atoms with van der Waals surface area (Å²) in [5, 5.41) is 9.26. The molecular formula is C32H31N3O5S2. The van der Waals surface area contributed by atoms with Gasteiger partial charge in [-0.25, -0.2) is 14.6 Å². The zero-order chi connectivity index (χ0) is 30.3. The summed E-state index contributed by atoms with van der Waals surface area (Å²) >= 11 is 2.90. The molecule has 3 heterocycles. The van der Waals surface area contributed by atoms with Crippen LogP contribution in [0.5, 0.6) is 0 Å². The maximum atomic E-state index is 14.0. The van der Waals surface area contributed by atoms with Gasteiger partial charge in [0.1, 0.15) is 0 Å². The van der Waals surface area contributed by atoms with E-state index in [1.165, 1.54) is 11.3 Å². The number of carbonyl (C=O) groups excluding carboxylic acids is 1. The van der Waals surface area contributed by atoms with Gasteiger partial charge < -0.3 is 14.4 Å². The number of thiazole rings is 1. The van der Waals surface area contributed by atoms with Gasteiger partial charge in [-0.2, -0.15) is 0 Å². The quantitative estimate of drug-likeness (QED) is 0.236. The molecular weight excluding hydrogens is 571 g/mol. The monoisotopic (exact) mass is 601 g/mol. The maximum absolute atomic E-state index is 14.0. The maximum Gasteiger partial charge on any atom is 0.338 e. The number of thioether (sulfide) groups is 1. The number of hydrogen-bond donors (Lipinski definition) is 1. The minimum Gasteiger partial charge on any atom is -0.478 e. The van der Waals surface area contributed by atoms with Crippen molar-refractivity contribution >= 4 is 41.1 Å². The first kappa shape index (κ1) is 29.3. The number of carbonyl (C=O) groups is 2. The second-order valence-electron chi connectivity index (χ2n) is 10.3. The van der Waals surface area contributed by atoms with E-state index in [1.54, 1.807) is 61.4 Å². The molecule has 8 nitrogen and oxygen atoms in total. The number of esters is 1. The van der Waals surface area contributed by atoms with E-state index in [1.807, 2.05) is 61.1 Å². The van der Waals surface area contributed by atoms with Gasteiger partial charge in [0.25, 0.3) is 5.56 Å². The second kappa shape index (κ2) is 11.6. The summed E-state index contributed by atoms with van der Waals surface area (Å²) in [6, 6.07) is 15.8. The minimum absolute atomic E-state index is 0.215. The number of rotatable bonds is 7. The Hall–Kier alpha value is -4.15. The van der Waals surface area contributed by atoms with Crippen LogP contribution in [0.25, 0.3) is 11.8 Å². The first-order valence-corrected chi connectivity index (χ1v) is 15.4. The number of carboxylic acid groups (broad SMARTS) is 1. The van der Waals surface area contributed by atoms with Crippen LogP contribution in [0.1, 0.15) is 59.7 Å². The zero-order valence-corrected chi connectivity index (χ0v) is 25.8. The average Bonchev–Trinajstić information content (AvgIpc) is 3.41. The van der Waals surface area contributed by atoms with Crippen LogP contribution in [0.2, 0.25) is 0 Å². The summed E-state index contributed by atoms with van der Waals surface area (Å²) in [4.78, 5) is 44.9. The number of ether oxygens (including phenoxy) is 1. The van der Waals surface area contributed by atoms with Gasteiger partial charge in [0.05, 0.1) is 33.5 Å². The molecule has 0 bridgehead atoms. The van der Waals surface area contributed by atoms with Gasteiger partial charge in [-0.3, -0.25) is 9.36 Å². The van der Waals surface area contributed by atoms with Crippen LogP contribution in [0, 0.1) is 13.8 Å². The summed E-state index contributed by atoms with van der Waals surface area (Å²) in [5.74, 6) is -1.47. The van der Waals surface area contributed by atoms with Gasteiger partial charge in [0.2, 0.25) is 0 Å². The minimum atomic E-state index is -0.979. The molecule has 0 spiro atoms. The lowest BCUT2D eigenvalue weighted by molar-refractivity contribution is -0.143. The summed E-state index contributed by atoms with van der Waals surface area (Å²) in [7, 11) is 0. The SMILES string of the molecule is CSc1ccc([C@@H]2C(C(=O)OC(C)C)=C(C)N=c3s/c(=C\c4cc(C)n(-c5ccc(C(=O)O)cc5)c4C)c(=O)n32)cc1. The van der Waals surface area contributed by atoms with Gasteiger partial charge in [0.15, 0.2) is 4.80 Å². The van der Waals surface area contributed by atoms with E-state index >= 15 is 0 Å². The standard InChI is InChI=1S/C32H31N3O5S2/c1-17(2)40-31(39)27-19(4)33-32-35(28(27)21-9-13-25(41-6)14-10-21)29(36)26(42-32)16-23-15-18(3)34(20(23)5)24-11-7-22(8-12-24)30(37)38/h7-17,28H,1-6H3,(H,37,38)/b26-16-/t28-/m1/s1. The lowest BCUT2D eigenvalue weighted by Crippen LogP contribution is -2.40. The number of benzene rings is 2. The zero-order valence-electron chi connectivity index (χ0n) is 24.2. The van der Waals surface area contributed by atoms with E-state index in [2.05, 4.69) is 4.99 Å². The Morgan fingerprint density at radius 1 is 1.07 bits per heavy atom. The van der Waals surface area contributed by atoms with E-state index in [0.29, 0.717) is 20.6 Å². The van der Waals surface area contributed by atoms with Crippen molar-refractivity contribution in [3.63, 3.8) is 0 Å². The van der Waals surface area contributed by atoms with Crippen LogP contribution in [0.4, 0.5) is 0 Å². The molecule has 0 radical (unpaired) electrons. The van der Waals surface area contributed by atoms with Crippen molar-refractivity contribution in [1.29, 1.82) is 0 Å². The molecule has 4 aromatic rings. The van der Waals surface area contributed by atoms with Gasteiger partial charge in [-0.15, -0.1) is 11.8 Å². The Kier molecular flexibility index (Phi) is 8.12. The van der Waals surface area contributed by atoms with Crippen molar-refractivity contribution in [1.82, 2.24) is 9.13 Å². The second-order valence-corrected chi connectivity index (χ2v) is 12.2. The van der Waals surface area contributed by atoms with Crippen LogP contribution >= 0.6 is 23.1 Å². The van der Waals surface area contributed by atoms with E-state index in [0.717, 1.165) is 33.1 Å². The molecule has 1 aliphatic rings. The Morgan fingerprint density at radius 3 is 2.33 bits per heavy atom. The molecule has 216 valence electrons. The molecule has 5 rings (SSSR count). The van der Waals surface area contributed by atoms with Crippen molar-refractivity contribution in [3.05, 3.63) is 114 Å². The summed E-state index contributed by atoms with van der Waals surface area (Å²) in [6.45, 7) is 9.29. The Labute approximate surface area is 251 Å². The number of nitrogens with zero attached hydrogens (tertiary/aromatic N) is 3. The summed E-state index contributed by atoms with van der Waals surface area (Å²) in [6.07, 6.45) is 3.53. The molecule has 0 amide bonds. The number of aryl methyl sites for hydroxylation is 1. The highest BCUT2D eigenvalue weighted by atomic mass is 32.2. The predicted molar refractivity (Wildman–Crippen MR) is 165 cm³/mol. The molecule has 42 heavy (non-hydrogen) atoms. The lowest BCUT2D eigenvalue weighted by atomic mass is 9.96. The molecule has 10 heteroatoms. The van der Waals surface area contributed by atoms with Gasteiger partial charge in [0, 0.05) is 22.0 Å². The number of fused-ring (bicyclic) bond motifs is 1. The highest BCUT2D eigenvalue weighted by molar-refractivity contribution is 7.98. The van der Waals surface area contributed by atoms with E-state index in [9.17, 15) is 19.5 Å². The third kappa shape index (κ3) is 5.39. The molecule has 2 aromatic carbocycles. The van der Waals surface area contributed by atoms with Crippen LogP contribution in [-0.4, -0.2) is 38.5 Å². The van der Waals surface area contributed by atoms with E-state index in [-0.39, 0.29) is 17.2 Å². The highest BCUT2D eigenvalue weighted by Crippen LogP contribution is 2.32. The Bertz CT molecular complexity index is 1910. The fraction of sp³-hybridized carbons (Fsp3) is 0.250. The van der Waals surface area contributed by atoms with Crippen molar-refractivity contribution < 1.29 is 19.4 Å². The van der Waals surface area contributed by atoms with Crippen LogP contribution in [0.15, 0.2) is 80.5 Å². The number of allylic oxidation sites excluding steroid dienone is 1. The van der Waals surface area contributed by atoms with Crippen molar-refractivity contribution in [2.75, 3.05) is 6.26 Å². The molecule has 1 N–H and O–H groups in total. The third-order valence-corrected chi connectivity index (χ3v) is 8.87.